The van der Waals surface area contributed by atoms with Gasteiger partial charge in [0.2, 0.25) is 5.91 Å². The van der Waals surface area contributed by atoms with Crippen molar-refractivity contribution < 1.29 is 19.4 Å². The second kappa shape index (κ2) is 7.66. The van der Waals surface area contributed by atoms with Gasteiger partial charge < -0.3 is 15.2 Å². The number of ether oxygens (including phenoxy) is 1. The minimum atomic E-state index is -1.04. The first-order valence-corrected chi connectivity index (χ1v) is 6.24. The Morgan fingerprint density at radius 2 is 2.25 bits per heavy atom. The number of nitrogens with one attached hydrogen (secondary N) is 1. The fourth-order valence-corrected chi connectivity index (χ4v) is 1.70. The standard InChI is InChI=1S/C12H16ClN3O4/c1-8-9(12(13)16(2)15-8)3-4-10(17)14-5-6-20-7-11(18)19/h3-4H,5-7H2,1-2H3,(H,14,17)(H,18,19). The molecule has 0 saturated heterocycles. The smallest absolute Gasteiger partial charge is 0.329 e. The first-order chi connectivity index (χ1) is 9.41. The molecule has 110 valence electrons. The molecule has 1 aromatic heterocycles. The van der Waals surface area contributed by atoms with Crippen LogP contribution in [0.15, 0.2) is 6.08 Å². The summed E-state index contributed by atoms with van der Waals surface area (Å²) in [4.78, 5) is 21.7. The summed E-state index contributed by atoms with van der Waals surface area (Å²) in [5.74, 6) is -1.36. The van der Waals surface area contributed by atoms with Crippen molar-refractivity contribution >= 4 is 29.6 Å². The number of hydrogen-bond donors (Lipinski definition) is 2. The zero-order valence-corrected chi connectivity index (χ0v) is 12.0. The molecule has 0 saturated carbocycles. The van der Waals surface area contributed by atoms with Crippen molar-refractivity contribution in [2.75, 3.05) is 19.8 Å². The van der Waals surface area contributed by atoms with Crippen LogP contribution in [0.25, 0.3) is 6.08 Å². The van der Waals surface area contributed by atoms with E-state index in [1.807, 2.05) is 0 Å². The van der Waals surface area contributed by atoms with Gasteiger partial charge in [-0.15, -0.1) is 0 Å². The van der Waals surface area contributed by atoms with Gasteiger partial charge >= 0.3 is 5.97 Å². The Morgan fingerprint density at radius 3 is 2.80 bits per heavy atom. The maximum Gasteiger partial charge on any atom is 0.329 e. The lowest BCUT2D eigenvalue weighted by molar-refractivity contribution is -0.142. The number of carbonyl (C=O) groups excluding carboxylic acids is 1. The highest BCUT2D eigenvalue weighted by Crippen LogP contribution is 2.19. The van der Waals surface area contributed by atoms with Gasteiger partial charge in [-0.25, -0.2) is 4.79 Å². The molecule has 20 heavy (non-hydrogen) atoms. The van der Waals surface area contributed by atoms with Crippen LogP contribution in [-0.4, -0.2) is 46.5 Å². The predicted molar refractivity (Wildman–Crippen MR) is 73.5 cm³/mol. The minimum absolute atomic E-state index is 0.137. The number of carboxylic acid groups (broad SMARTS) is 1. The maximum atomic E-state index is 11.5. The molecule has 0 aliphatic carbocycles. The van der Waals surface area contributed by atoms with Gasteiger partial charge in [-0.2, -0.15) is 5.10 Å². The summed E-state index contributed by atoms with van der Waals surface area (Å²) in [7, 11) is 1.71. The molecule has 7 nitrogen and oxygen atoms in total. The van der Waals surface area contributed by atoms with E-state index in [-0.39, 0.29) is 25.7 Å². The van der Waals surface area contributed by atoms with E-state index in [2.05, 4.69) is 10.4 Å². The Hall–Kier alpha value is -1.86. The second-order valence-electron chi connectivity index (χ2n) is 3.98. The molecule has 2 N–H and O–H groups in total. The Bertz CT molecular complexity index is 525. The number of aromatic nitrogens is 2. The van der Waals surface area contributed by atoms with Crippen molar-refractivity contribution in [3.8, 4) is 0 Å². The molecule has 0 atom stereocenters. The average Bonchev–Trinajstić information content (AvgIpc) is 2.60. The molecule has 0 bridgehead atoms. The lowest BCUT2D eigenvalue weighted by Gasteiger charge is -2.02. The van der Waals surface area contributed by atoms with Crippen molar-refractivity contribution in [2.45, 2.75) is 6.92 Å². The molecule has 8 heteroatoms. The lowest BCUT2D eigenvalue weighted by Crippen LogP contribution is -2.26. The van der Waals surface area contributed by atoms with E-state index in [9.17, 15) is 9.59 Å². The topological polar surface area (TPSA) is 93.5 Å². The monoisotopic (exact) mass is 301 g/mol. The maximum absolute atomic E-state index is 11.5. The van der Waals surface area contributed by atoms with Crippen LogP contribution >= 0.6 is 11.6 Å². The summed E-state index contributed by atoms with van der Waals surface area (Å²) < 4.78 is 6.30. The number of carbonyl (C=O) groups is 2. The normalized spacial score (nSPS) is 10.9. The molecule has 0 aromatic carbocycles. The van der Waals surface area contributed by atoms with Crippen molar-refractivity contribution in [3.63, 3.8) is 0 Å². The Labute approximate surface area is 121 Å². The van der Waals surface area contributed by atoms with Gasteiger partial charge in [-0.1, -0.05) is 11.6 Å². The van der Waals surface area contributed by atoms with Gasteiger partial charge in [0, 0.05) is 25.2 Å². The van der Waals surface area contributed by atoms with Crippen LogP contribution < -0.4 is 5.32 Å². The highest BCUT2D eigenvalue weighted by atomic mass is 35.5. The molecule has 0 aliphatic heterocycles. The molecule has 0 fully saturated rings. The Balaban J connectivity index is 2.38. The van der Waals surface area contributed by atoms with E-state index in [1.165, 1.54) is 10.8 Å². The number of nitrogens with zero attached hydrogens (tertiary/aromatic N) is 2. The summed E-state index contributed by atoms with van der Waals surface area (Å²) in [6.45, 7) is 1.79. The van der Waals surface area contributed by atoms with E-state index in [4.69, 9.17) is 21.4 Å². The molecule has 0 spiro atoms. The van der Waals surface area contributed by atoms with Gasteiger partial charge in [0.1, 0.15) is 11.8 Å². The third-order valence-corrected chi connectivity index (χ3v) is 2.82. The van der Waals surface area contributed by atoms with E-state index >= 15 is 0 Å². The Kier molecular flexibility index (Phi) is 6.20. The fourth-order valence-electron chi connectivity index (χ4n) is 1.46. The summed E-state index contributed by atoms with van der Waals surface area (Å²) >= 11 is 6.01. The van der Waals surface area contributed by atoms with Crippen LogP contribution in [0.4, 0.5) is 0 Å². The van der Waals surface area contributed by atoms with Crippen molar-refractivity contribution in [2.24, 2.45) is 7.05 Å². The van der Waals surface area contributed by atoms with Crippen LogP contribution in [-0.2, 0) is 21.4 Å². The first-order valence-electron chi connectivity index (χ1n) is 5.86. The van der Waals surface area contributed by atoms with Crippen LogP contribution in [0.1, 0.15) is 11.3 Å². The van der Waals surface area contributed by atoms with Gasteiger partial charge in [-0.3, -0.25) is 9.48 Å². The van der Waals surface area contributed by atoms with E-state index in [1.54, 1.807) is 20.0 Å². The molecule has 0 radical (unpaired) electrons. The largest absolute Gasteiger partial charge is 0.480 e. The number of aryl methyl sites for hydroxylation is 2. The predicted octanol–water partition coefficient (Wildman–Crippen LogP) is 0.613. The van der Waals surface area contributed by atoms with Crippen molar-refractivity contribution in [3.05, 3.63) is 22.5 Å². The highest BCUT2D eigenvalue weighted by molar-refractivity contribution is 6.31. The summed E-state index contributed by atoms with van der Waals surface area (Å²) in [6.07, 6.45) is 2.92. The second-order valence-corrected chi connectivity index (χ2v) is 4.34. The molecule has 0 unspecified atom stereocenters. The van der Waals surface area contributed by atoms with E-state index in [0.717, 1.165) is 5.69 Å². The van der Waals surface area contributed by atoms with Crippen molar-refractivity contribution in [1.29, 1.82) is 0 Å². The third-order valence-electron chi connectivity index (χ3n) is 2.37. The van der Waals surface area contributed by atoms with Gasteiger partial charge in [0.25, 0.3) is 0 Å². The number of aliphatic carboxylic acids is 1. The summed E-state index contributed by atoms with van der Waals surface area (Å²) in [6, 6.07) is 0. The quantitative estimate of drug-likeness (QED) is 0.568. The van der Waals surface area contributed by atoms with Crippen LogP contribution in [0, 0.1) is 6.92 Å². The van der Waals surface area contributed by atoms with Crippen LogP contribution in [0.5, 0.6) is 0 Å². The lowest BCUT2D eigenvalue weighted by atomic mass is 10.2. The zero-order valence-electron chi connectivity index (χ0n) is 11.2. The molecular weight excluding hydrogens is 286 g/mol. The molecule has 1 rings (SSSR count). The number of hydrogen-bond acceptors (Lipinski definition) is 4. The van der Waals surface area contributed by atoms with Crippen LogP contribution in [0.2, 0.25) is 5.15 Å². The van der Waals surface area contributed by atoms with Crippen molar-refractivity contribution in [1.82, 2.24) is 15.1 Å². The SMILES string of the molecule is Cc1nn(C)c(Cl)c1C=CC(=O)NCCOCC(=O)O. The van der Waals surface area contributed by atoms with E-state index in [0.29, 0.717) is 10.7 Å². The molecule has 1 heterocycles. The number of halogens is 1. The summed E-state index contributed by atoms with van der Waals surface area (Å²) in [5.41, 5.74) is 1.41. The minimum Gasteiger partial charge on any atom is -0.480 e. The summed E-state index contributed by atoms with van der Waals surface area (Å²) in [5, 5.41) is 15.5. The highest BCUT2D eigenvalue weighted by Gasteiger charge is 2.08. The van der Waals surface area contributed by atoms with Gasteiger partial charge in [-0.05, 0) is 13.0 Å². The third kappa shape index (κ3) is 5.02. The first kappa shape index (κ1) is 16.2. The number of amides is 1. The molecule has 1 amide bonds. The Morgan fingerprint density at radius 1 is 1.55 bits per heavy atom. The van der Waals surface area contributed by atoms with Crippen LogP contribution in [0.3, 0.4) is 0 Å². The number of carboxylic acids is 1. The number of rotatable bonds is 7. The van der Waals surface area contributed by atoms with E-state index < -0.39 is 5.97 Å². The molecular formula is C12H16ClN3O4. The fraction of sp³-hybridized carbons (Fsp3) is 0.417. The zero-order chi connectivity index (χ0) is 15.1. The van der Waals surface area contributed by atoms with Gasteiger partial charge in [0.15, 0.2) is 0 Å². The van der Waals surface area contributed by atoms with Gasteiger partial charge in [0.05, 0.1) is 12.3 Å². The molecule has 0 aliphatic rings. The average molecular weight is 302 g/mol. The molecule has 1 aromatic rings.